The van der Waals surface area contributed by atoms with Gasteiger partial charge in [0.25, 0.3) is 5.91 Å². The number of nitrogens with zero attached hydrogens (tertiary/aromatic N) is 1. The number of rotatable bonds is 7. The number of fused-ring (bicyclic) bond motifs is 1. The third kappa shape index (κ3) is 4.72. The smallest absolute Gasteiger partial charge is 0.251 e. The van der Waals surface area contributed by atoms with Crippen LogP contribution in [0.15, 0.2) is 66.7 Å². The summed E-state index contributed by atoms with van der Waals surface area (Å²) in [6, 6.07) is 20.6. The van der Waals surface area contributed by atoms with Crippen molar-refractivity contribution in [1.82, 2.24) is 10.6 Å². The normalized spacial score (nSPS) is 15.6. The van der Waals surface area contributed by atoms with Crippen molar-refractivity contribution >= 4 is 34.2 Å². The van der Waals surface area contributed by atoms with E-state index in [1.807, 2.05) is 48.5 Å². The Balaban J connectivity index is 1.25. The van der Waals surface area contributed by atoms with Gasteiger partial charge in [-0.2, -0.15) is 0 Å². The summed E-state index contributed by atoms with van der Waals surface area (Å²) in [7, 11) is 1.57. The van der Waals surface area contributed by atoms with Crippen LogP contribution in [0.2, 0.25) is 0 Å². The maximum atomic E-state index is 12.5. The van der Waals surface area contributed by atoms with Crippen LogP contribution in [-0.2, 0) is 9.59 Å². The monoisotopic (exact) mass is 431 g/mol. The molecule has 1 fully saturated rings. The molecular formula is C25H25N3O4. The molecule has 1 aliphatic heterocycles. The van der Waals surface area contributed by atoms with Crippen molar-refractivity contribution < 1.29 is 19.1 Å². The van der Waals surface area contributed by atoms with Gasteiger partial charge in [0.15, 0.2) is 0 Å². The van der Waals surface area contributed by atoms with Crippen molar-refractivity contribution in [2.75, 3.05) is 31.6 Å². The van der Waals surface area contributed by atoms with Crippen LogP contribution in [0.1, 0.15) is 16.8 Å². The van der Waals surface area contributed by atoms with Gasteiger partial charge in [-0.15, -0.1) is 0 Å². The molecule has 1 atom stereocenters. The highest BCUT2D eigenvalue weighted by Crippen LogP contribution is 2.27. The first-order valence-corrected chi connectivity index (χ1v) is 10.5. The molecule has 7 heteroatoms. The molecule has 3 aromatic carbocycles. The van der Waals surface area contributed by atoms with Crippen LogP contribution < -0.4 is 20.3 Å². The Morgan fingerprint density at radius 3 is 2.56 bits per heavy atom. The fraction of sp³-hybridized carbons (Fsp3) is 0.240. The van der Waals surface area contributed by atoms with Gasteiger partial charge in [-0.05, 0) is 35.0 Å². The third-order valence-electron chi connectivity index (χ3n) is 5.58. The Morgan fingerprint density at radius 1 is 0.969 bits per heavy atom. The highest BCUT2D eigenvalue weighted by atomic mass is 16.5. The maximum Gasteiger partial charge on any atom is 0.251 e. The molecular weight excluding hydrogens is 406 g/mol. The van der Waals surface area contributed by atoms with E-state index in [1.54, 1.807) is 30.2 Å². The van der Waals surface area contributed by atoms with Gasteiger partial charge in [0.1, 0.15) is 5.75 Å². The van der Waals surface area contributed by atoms with Gasteiger partial charge in [-0.3, -0.25) is 14.4 Å². The molecule has 164 valence electrons. The second kappa shape index (κ2) is 9.51. The SMILES string of the molecule is COc1cccc(N2C[C@H](C(=O)NCCNC(=O)c3ccc4ccccc4c3)CC2=O)c1. The first-order chi connectivity index (χ1) is 15.5. The predicted octanol–water partition coefficient (Wildman–Crippen LogP) is 2.75. The number of anilines is 1. The molecule has 3 amide bonds. The number of hydrogen-bond donors (Lipinski definition) is 2. The highest BCUT2D eigenvalue weighted by Gasteiger charge is 2.35. The summed E-state index contributed by atoms with van der Waals surface area (Å²) < 4.78 is 5.21. The molecule has 0 radical (unpaired) electrons. The Bertz CT molecular complexity index is 1160. The lowest BCUT2D eigenvalue weighted by Crippen LogP contribution is -2.38. The third-order valence-corrected chi connectivity index (χ3v) is 5.58. The molecule has 0 bridgehead atoms. The van der Waals surface area contributed by atoms with Crippen LogP contribution in [0, 0.1) is 5.92 Å². The van der Waals surface area contributed by atoms with Crippen molar-refractivity contribution in [3.8, 4) is 5.75 Å². The Hall–Kier alpha value is -3.87. The summed E-state index contributed by atoms with van der Waals surface area (Å²) in [4.78, 5) is 38.9. The molecule has 2 N–H and O–H groups in total. The molecule has 4 rings (SSSR count). The maximum absolute atomic E-state index is 12.5. The van der Waals surface area contributed by atoms with Gasteiger partial charge >= 0.3 is 0 Å². The summed E-state index contributed by atoms with van der Waals surface area (Å²) in [5.41, 5.74) is 1.29. The second-order valence-electron chi connectivity index (χ2n) is 7.72. The molecule has 7 nitrogen and oxygen atoms in total. The predicted molar refractivity (Wildman–Crippen MR) is 123 cm³/mol. The van der Waals surface area contributed by atoms with E-state index in [1.165, 1.54) is 0 Å². The van der Waals surface area contributed by atoms with Crippen molar-refractivity contribution in [2.24, 2.45) is 5.92 Å². The Labute approximate surface area is 186 Å². The molecule has 0 unspecified atom stereocenters. The zero-order chi connectivity index (χ0) is 22.5. The number of benzene rings is 3. The number of ether oxygens (including phenoxy) is 1. The van der Waals surface area contributed by atoms with Gasteiger partial charge in [-0.25, -0.2) is 0 Å². The molecule has 0 saturated carbocycles. The second-order valence-corrected chi connectivity index (χ2v) is 7.72. The topological polar surface area (TPSA) is 87.7 Å². The Kier molecular flexibility index (Phi) is 6.35. The van der Waals surface area contributed by atoms with E-state index in [2.05, 4.69) is 10.6 Å². The highest BCUT2D eigenvalue weighted by molar-refractivity contribution is 6.00. The van der Waals surface area contributed by atoms with E-state index in [0.29, 0.717) is 36.6 Å². The minimum atomic E-state index is -0.426. The number of carbonyl (C=O) groups is 3. The van der Waals surface area contributed by atoms with Crippen molar-refractivity contribution in [1.29, 1.82) is 0 Å². The van der Waals surface area contributed by atoms with E-state index in [-0.39, 0.29) is 24.1 Å². The van der Waals surface area contributed by atoms with Crippen molar-refractivity contribution in [3.63, 3.8) is 0 Å². The fourth-order valence-electron chi connectivity index (χ4n) is 3.85. The van der Waals surface area contributed by atoms with E-state index in [4.69, 9.17) is 4.74 Å². The summed E-state index contributed by atoms with van der Waals surface area (Å²) in [5, 5.41) is 7.71. The molecule has 32 heavy (non-hydrogen) atoms. The zero-order valence-electron chi connectivity index (χ0n) is 17.8. The minimum Gasteiger partial charge on any atom is -0.497 e. The van der Waals surface area contributed by atoms with Crippen LogP contribution >= 0.6 is 0 Å². The van der Waals surface area contributed by atoms with Gasteiger partial charge in [0.05, 0.1) is 13.0 Å². The van der Waals surface area contributed by atoms with Gasteiger partial charge in [0, 0.05) is 43.4 Å². The average molecular weight is 431 g/mol. The fourth-order valence-corrected chi connectivity index (χ4v) is 3.85. The van der Waals surface area contributed by atoms with Crippen molar-refractivity contribution in [3.05, 3.63) is 72.3 Å². The molecule has 1 heterocycles. The van der Waals surface area contributed by atoms with Crippen LogP contribution in [-0.4, -0.2) is 44.5 Å². The van der Waals surface area contributed by atoms with Gasteiger partial charge in [0.2, 0.25) is 11.8 Å². The van der Waals surface area contributed by atoms with Crippen LogP contribution in [0.3, 0.4) is 0 Å². The minimum absolute atomic E-state index is 0.0944. The van der Waals surface area contributed by atoms with Gasteiger partial charge < -0.3 is 20.3 Å². The lowest BCUT2D eigenvalue weighted by molar-refractivity contribution is -0.126. The summed E-state index contributed by atoms with van der Waals surface area (Å²) in [5.74, 6) is -0.243. The van der Waals surface area contributed by atoms with Crippen molar-refractivity contribution in [2.45, 2.75) is 6.42 Å². The van der Waals surface area contributed by atoms with E-state index in [0.717, 1.165) is 10.8 Å². The molecule has 0 aromatic heterocycles. The Morgan fingerprint density at radius 2 is 1.75 bits per heavy atom. The lowest BCUT2D eigenvalue weighted by Gasteiger charge is -2.17. The number of methoxy groups -OCH3 is 1. The van der Waals surface area contributed by atoms with Crippen LogP contribution in [0.5, 0.6) is 5.75 Å². The number of nitrogens with one attached hydrogen (secondary N) is 2. The number of hydrogen-bond acceptors (Lipinski definition) is 4. The number of carbonyl (C=O) groups excluding carboxylic acids is 3. The largest absolute Gasteiger partial charge is 0.497 e. The summed E-state index contributed by atoms with van der Waals surface area (Å²) in [6.45, 7) is 0.918. The molecule has 1 saturated heterocycles. The quantitative estimate of drug-likeness (QED) is 0.563. The molecule has 0 aliphatic carbocycles. The lowest BCUT2D eigenvalue weighted by atomic mass is 10.1. The standard InChI is InChI=1S/C25H25N3O4/c1-32-22-8-4-7-21(15-22)28-16-20(14-23(28)29)25(31)27-12-11-26-24(30)19-10-9-17-5-2-3-6-18(17)13-19/h2-10,13,15,20H,11-12,14,16H2,1H3,(H,26,30)(H,27,31)/t20-/m1/s1. The van der Waals surface area contributed by atoms with E-state index in [9.17, 15) is 14.4 Å². The molecule has 0 spiro atoms. The van der Waals surface area contributed by atoms with Gasteiger partial charge in [-0.1, -0.05) is 36.4 Å². The first kappa shape index (κ1) is 21.4. The summed E-state index contributed by atoms with van der Waals surface area (Å²) >= 11 is 0. The van der Waals surface area contributed by atoms with E-state index < -0.39 is 5.92 Å². The first-order valence-electron chi connectivity index (χ1n) is 10.5. The average Bonchev–Trinajstić information content (AvgIpc) is 3.23. The number of amides is 3. The van der Waals surface area contributed by atoms with Crippen LogP contribution in [0.4, 0.5) is 5.69 Å². The summed E-state index contributed by atoms with van der Waals surface area (Å²) in [6.07, 6.45) is 0.159. The molecule has 1 aliphatic rings. The molecule has 3 aromatic rings. The van der Waals surface area contributed by atoms with Crippen LogP contribution in [0.25, 0.3) is 10.8 Å². The van der Waals surface area contributed by atoms with E-state index >= 15 is 0 Å². The zero-order valence-corrected chi connectivity index (χ0v) is 17.8.